The molecule has 27 heavy (non-hydrogen) atoms. The molecule has 0 aromatic rings. The van der Waals surface area contributed by atoms with E-state index in [9.17, 15) is 18.9 Å². The van der Waals surface area contributed by atoms with Gasteiger partial charge in [0.15, 0.2) is 0 Å². The van der Waals surface area contributed by atoms with Gasteiger partial charge in [-0.2, -0.15) is 0 Å². The highest BCUT2D eigenvalue weighted by molar-refractivity contribution is 7.47. The lowest BCUT2D eigenvalue weighted by molar-refractivity contribution is -0.0403. The number of methoxy groups -OCH3 is 1. The highest BCUT2D eigenvalue weighted by Crippen LogP contribution is 2.49. The van der Waals surface area contributed by atoms with Crippen LogP contribution in [-0.2, 0) is 41.4 Å². The van der Waals surface area contributed by atoms with Gasteiger partial charge in [-0.25, -0.2) is 9.13 Å². The van der Waals surface area contributed by atoms with Crippen molar-refractivity contribution in [1.29, 1.82) is 0 Å². The van der Waals surface area contributed by atoms with E-state index < -0.39 is 40.1 Å². The molecule has 11 nitrogen and oxygen atoms in total. The molecule has 0 aromatic heterocycles. The second-order valence-corrected chi connectivity index (χ2v) is 9.52. The van der Waals surface area contributed by atoms with Crippen LogP contribution < -0.4 is 0 Å². The molecule has 0 spiro atoms. The summed E-state index contributed by atoms with van der Waals surface area (Å²) in [6.45, 7) is 3.43. The largest absolute Gasteiger partial charge is 0.472 e. The van der Waals surface area contributed by atoms with Gasteiger partial charge in [0.25, 0.3) is 0 Å². The molecule has 13 heteroatoms. The molecule has 2 aliphatic heterocycles. The van der Waals surface area contributed by atoms with Crippen LogP contribution in [0.15, 0.2) is 0 Å². The minimum absolute atomic E-state index is 0.139. The van der Waals surface area contributed by atoms with Gasteiger partial charge in [-0.1, -0.05) is 0 Å². The smallest absolute Gasteiger partial charge is 0.382 e. The van der Waals surface area contributed by atoms with Gasteiger partial charge in [0, 0.05) is 27.1 Å². The maximum atomic E-state index is 12.3. The number of phosphoric ester groups is 2. The number of rotatable bonds is 10. The zero-order valence-corrected chi connectivity index (χ0v) is 17.5. The lowest BCUT2D eigenvalue weighted by Gasteiger charge is -2.24. The van der Waals surface area contributed by atoms with Crippen LogP contribution in [0, 0.1) is 0 Å². The molecular weight excluding hydrogens is 406 g/mol. The predicted molar refractivity (Wildman–Crippen MR) is 92.1 cm³/mol. The van der Waals surface area contributed by atoms with E-state index in [-0.39, 0.29) is 25.4 Å². The Kier molecular flexibility index (Phi) is 8.43. The Balaban J connectivity index is 1.91. The molecule has 0 amide bonds. The first-order valence-corrected chi connectivity index (χ1v) is 11.6. The van der Waals surface area contributed by atoms with Crippen molar-refractivity contribution < 1.29 is 51.2 Å². The molecule has 0 bridgehead atoms. The van der Waals surface area contributed by atoms with E-state index >= 15 is 0 Å². The van der Waals surface area contributed by atoms with Crippen LogP contribution in [0.25, 0.3) is 0 Å². The van der Waals surface area contributed by atoms with Gasteiger partial charge in [-0.3, -0.25) is 18.1 Å². The average Bonchev–Trinajstić information content (AvgIpc) is 3.07. The molecule has 0 aromatic carbocycles. The van der Waals surface area contributed by atoms with Crippen LogP contribution in [0.1, 0.15) is 26.7 Å². The Morgan fingerprint density at radius 3 is 1.85 bits per heavy atom. The van der Waals surface area contributed by atoms with Gasteiger partial charge in [-0.05, 0) is 13.8 Å². The van der Waals surface area contributed by atoms with E-state index in [0.717, 1.165) is 7.11 Å². The number of phosphoric acid groups is 2. The third-order valence-corrected chi connectivity index (χ3v) is 6.28. The number of hydrogen-bond acceptors (Lipinski definition) is 9. The summed E-state index contributed by atoms with van der Waals surface area (Å²) < 4.78 is 59.8. The summed E-state index contributed by atoms with van der Waals surface area (Å²) in [4.78, 5) is 19.5. The van der Waals surface area contributed by atoms with Gasteiger partial charge in [0.1, 0.15) is 24.4 Å². The van der Waals surface area contributed by atoms with Gasteiger partial charge in [-0.15, -0.1) is 0 Å². The molecule has 2 fully saturated rings. The van der Waals surface area contributed by atoms with Gasteiger partial charge in [0.05, 0.1) is 25.4 Å². The fraction of sp³-hybridized carbons (Fsp3) is 1.00. The molecule has 160 valence electrons. The standard InChI is InChI=1S/C14H28O11P2/c1-9-5-11(13(22-9)7-19-3)25-27(17,18)21-8-14-12(6-10(2)23-14)24-26(15,16)20-4/h9-14H,5-8H2,1-4H3,(H,15,16)(H,17,18)/t9-,10-,11+,12+,13+,14+/m0/s1. The Labute approximate surface area is 158 Å². The molecule has 8 atom stereocenters. The molecule has 2 rings (SSSR count). The maximum absolute atomic E-state index is 12.3. The predicted octanol–water partition coefficient (Wildman–Crippen LogP) is 1.62. The topological polar surface area (TPSA) is 139 Å². The monoisotopic (exact) mass is 434 g/mol. The average molecular weight is 434 g/mol. The van der Waals surface area contributed by atoms with Crippen molar-refractivity contribution in [2.45, 2.75) is 63.3 Å². The summed E-state index contributed by atoms with van der Waals surface area (Å²) in [6, 6.07) is 0. The van der Waals surface area contributed by atoms with Crippen molar-refractivity contribution in [2.75, 3.05) is 27.4 Å². The van der Waals surface area contributed by atoms with Crippen molar-refractivity contribution in [1.82, 2.24) is 0 Å². The third kappa shape index (κ3) is 7.13. The van der Waals surface area contributed by atoms with E-state index in [0.29, 0.717) is 12.8 Å². The summed E-state index contributed by atoms with van der Waals surface area (Å²) in [5.74, 6) is 0. The van der Waals surface area contributed by atoms with Crippen LogP contribution in [0.2, 0.25) is 0 Å². The third-order valence-electron chi connectivity index (χ3n) is 4.27. The van der Waals surface area contributed by atoms with E-state index in [1.165, 1.54) is 7.11 Å². The van der Waals surface area contributed by atoms with E-state index in [1.54, 1.807) is 6.92 Å². The molecule has 2 N–H and O–H groups in total. The first kappa shape index (κ1) is 23.4. The second-order valence-electron chi connectivity index (χ2n) is 6.60. The molecule has 1 unspecified atom stereocenters. The Bertz CT molecular complexity index is 573. The van der Waals surface area contributed by atoms with Crippen LogP contribution in [0.3, 0.4) is 0 Å². The highest BCUT2D eigenvalue weighted by Gasteiger charge is 2.42. The maximum Gasteiger partial charge on any atom is 0.472 e. The van der Waals surface area contributed by atoms with Crippen LogP contribution >= 0.6 is 15.6 Å². The summed E-state index contributed by atoms with van der Waals surface area (Å²) >= 11 is 0. The minimum atomic E-state index is -4.42. The lowest BCUT2D eigenvalue weighted by Crippen LogP contribution is -2.30. The van der Waals surface area contributed by atoms with Crippen LogP contribution in [0.5, 0.6) is 0 Å². The summed E-state index contributed by atoms with van der Waals surface area (Å²) in [7, 11) is -6.11. The first-order valence-electron chi connectivity index (χ1n) is 8.57. The molecule has 2 saturated heterocycles. The number of ether oxygens (including phenoxy) is 3. The zero-order valence-electron chi connectivity index (χ0n) is 15.8. The summed E-state index contributed by atoms with van der Waals surface area (Å²) in [5.41, 5.74) is 0. The fourth-order valence-electron chi connectivity index (χ4n) is 3.10. The molecule has 0 aliphatic carbocycles. The highest BCUT2D eigenvalue weighted by atomic mass is 31.2. The molecule has 2 aliphatic rings. The van der Waals surface area contributed by atoms with Crippen molar-refractivity contribution in [3.63, 3.8) is 0 Å². The second kappa shape index (κ2) is 9.73. The Morgan fingerprint density at radius 1 is 0.889 bits per heavy atom. The van der Waals surface area contributed by atoms with Crippen molar-refractivity contribution in [3.8, 4) is 0 Å². The van der Waals surface area contributed by atoms with Gasteiger partial charge in [0.2, 0.25) is 0 Å². The van der Waals surface area contributed by atoms with Crippen molar-refractivity contribution in [3.05, 3.63) is 0 Å². The lowest BCUT2D eigenvalue weighted by atomic mass is 10.1. The molecular formula is C14H28O11P2. The Hall–Kier alpha value is 0.1000. The summed E-state index contributed by atoms with van der Waals surface area (Å²) in [6.07, 6.45) is -2.48. The van der Waals surface area contributed by atoms with Crippen LogP contribution in [0.4, 0.5) is 0 Å². The first-order chi connectivity index (χ1) is 12.5. The van der Waals surface area contributed by atoms with E-state index in [4.69, 9.17) is 27.8 Å². The van der Waals surface area contributed by atoms with Crippen LogP contribution in [-0.4, -0.2) is 73.8 Å². The quantitative estimate of drug-likeness (QED) is 0.485. The van der Waals surface area contributed by atoms with E-state index in [2.05, 4.69) is 4.52 Å². The minimum Gasteiger partial charge on any atom is -0.382 e. The van der Waals surface area contributed by atoms with Crippen molar-refractivity contribution >= 4 is 15.6 Å². The normalized spacial score (nSPS) is 38.6. The zero-order chi connectivity index (χ0) is 20.2. The molecule has 0 saturated carbocycles. The van der Waals surface area contributed by atoms with Gasteiger partial charge < -0.3 is 24.0 Å². The fourth-order valence-corrected chi connectivity index (χ4v) is 4.71. The Morgan fingerprint density at radius 2 is 1.37 bits per heavy atom. The van der Waals surface area contributed by atoms with Gasteiger partial charge >= 0.3 is 15.6 Å². The van der Waals surface area contributed by atoms with Crippen molar-refractivity contribution in [2.24, 2.45) is 0 Å². The summed E-state index contributed by atoms with van der Waals surface area (Å²) in [5, 5.41) is 0. The SMILES string of the molecule is COC[C@H]1O[C@@H](C)C[C@H]1O[P@@](=O)(O)OC[C@H]1O[C@@H](C)C[C@H]1OP(=O)(O)OC. The van der Waals surface area contributed by atoms with E-state index in [1.807, 2.05) is 6.92 Å². The molecule has 0 radical (unpaired) electrons. The molecule has 2 heterocycles. The number of hydrogen-bond donors (Lipinski definition) is 2.